The average Bonchev–Trinajstić information content (AvgIpc) is 2.75. The van der Waals surface area contributed by atoms with Crippen molar-refractivity contribution in [2.24, 2.45) is 0 Å². The molecule has 4 nitrogen and oxygen atoms in total. The van der Waals surface area contributed by atoms with Crippen LogP contribution in [0.3, 0.4) is 0 Å². The highest BCUT2D eigenvalue weighted by Crippen LogP contribution is 2.45. The lowest BCUT2D eigenvalue weighted by Gasteiger charge is -2.25. The van der Waals surface area contributed by atoms with Gasteiger partial charge in [-0.15, -0.1) is 0 Å². The Morgan fingerprint density at radius 1 is 0.926 bits per heavy atom. The molecule has 0 unspecified atom stereocenters. The first-order chi connectivity index (χ1) is 12.8. The van der Waals surface area contributed by atoms with Gasteiger partial charge in [0.05, 0.1) is 9.79 Å². The van der Waals surface area contributed by atoms with E-state index in [1.807, 2.05) is 13.1 Å². The standard InChI is InChI=1S/C20H22F2N2O2S/c1-23-7-5-17-18-12-15(3-4-19(18)24(2)20(17)6-8-23)27(25,26)16-10-13(21)9-14(22)11-16/h3-4,9-12,17,20H,5-8H2,1-2H3/t17-,20+/m0/s1. The van der Waals surface area contributed by atoms with E-state index in [0.29, 0.717) is 12.1 Å². The van der Waals surface area contributed by atoms with Crippen molar-refractivity contribution in [2.75, 3.05) is 32.1 Å². The van der Waals surface area contributed by atoms with Crippen LogP contribution in [0.2, 0.25) is 0 Å². The van der Waals surface area contributed by atoms with Crippen molar-refractivity contribution in [2.45, 2.75) is 34.6 Å². The molecule has 2 aromatic carbocycles. The molecule has 0 bridgehead atoms. The van der Waals surface area contributed by atoms with Crippen molar-refractivity contribution in [3.8, 4) is 0 Å². The summed E-state index contributed by atoms with van der Waals surface area (Å²) in [5.74, 6) is -1.54. The molecule has 2 aliphatic heterocycles. The number of sulfone groups is 1. The SMILES string of the molecule is CN1CC[C@@H]2[C@@H](CC1)c1cc(S(=O)(=O)c3cc(F)cc(F)c3)ccc1N2C. The summed E-state index contributed by atoms with van der Waals surface area (Å²) in [5, 5.41) is 0. The van der Waals surface area contributed by atoms with Crippen LogP contribution in [0.5, 0.6) is 0 Å². The summed E-state index contributed by atoms with van der Waals surface area (Å²) in [6.07, 6.45) is 1.97. The molecule has 0 saturated carbocycles. The lowest BCUT2D eigenvalue weighted by molar-refractivity contribution is 0.345. The lowest BCUT2D eigenvalue weighted by Crippen LogP contribution is -2.31. The number of hydrogen-bond donors (Lipinski definition) is 0. The zero-order valence-electron chi connectivity index (χ0n) is 15.3. The van der Waals surface area contributed by atoms with Gasteiger partial charge >= 0.3 is 0 Å². The molecule has 2 aliphatic rings. The quantitative estimate of drug-likeness (QED) is 0.785. The molecule has 7 heteroatoms. The molecule has 0 amide bonds. The van der Waals surface area contributed by atoms with Crippen LogP contribution in [0, 0.1) is 11.6 Å². The summed E-state index contributed by atoms with van der Waals surface area (Å²) >= 11 is 0. The maximum absolute atomic E-state index is 13.5. The van der Waals surface area contributed by atoms with Crippen molar-refractivity contribution < 1.29 is 17.2 Å². The highest BCUT2D eigenvalue weighted by molar-refractivity contribution is 7.91. The number of rotatable bonds is 2. The van der Waals surface area contributed by atoms with Crippen LogP contribution in [0.25, 0.3) is 0 Å². The highest BCUT2D eigenvalue weighted by atomic mass is 32.2. The minimum absolute atomic E-state index is 0.0814. The first kappa shape index (κ1) is 18.4. The fourth-order valence-electron chi connectivity index (χ4n) is 4.36. The Balaban J connectivity index is 1.77. The summed E-state index contributed by atoms with van der Waals surface area (Å²) in [7, 11) is 0.155. The maximum atomic E-state index is 13.5. The van der Waals surface area contributed by atoms with E-state index in [1.54, 1.807) is 6.07 Å². The molecule has 0 spiro atoms. The second-order valence-electron chi connectivity index (χ2n) is 7.49. The molecule has 0 N–H and O–H groups in total. The Morgan fingerprint density at radius 3 is 2.30 bits per heavy atom. The van der Waals surface area contributed by atoms with Crippen molar-refractivity contribution in [1.29, 1.82) is 0 Å². The zero-order valence-corrected chi connectivity index (χ0v) is 16.1. The van der Waals surface area contributed by atoms with Crippen LogP contribution in [0.1, 0.15) is 24.3 Å². The van der Waals surface area contributed by atoms with Crippen LogP contribution < -0.4 is 4.90 Å². The largest absolute Gasteiger partial charge is 0.371 e. The summed E-state index contributed by atoms with van der Waals surface area (Å²) in [4.78, 5) is 4.25. The topological polar surface area (TPSA) is 40.6 Å². The van der Waals surface area contributed by atoms with Gasteiger partial charge in [0.25, 0.3) is 0 Å². The first-order valence-electron chi connectivity index (χ1n) is 9.04. The van der Waals surface area contributed by atoms with Crippen molar-refractivity contribution in [3.05, 3.63) is 53.6 Å². The fourth-order valence-corrected chi connectivity index (χ4v) is 5.70. The third-order valence-corrected chi connectivity index (χ3v) is 7.56. The minimum atomic E-state index is -3.99. The lowest BCUT2D eigenvalue weighted by atomic mass is 9.91. The highest BCUT2D eigenvalue weighted by Gasteiger charge is 2.38. The molecule has 1 saturated heterocycles. The van der Waals surface area contributed by atoms with Gasteiger partial charge in [0.15, 0.2) is 0 Å². The summed E-state index contributed by atoms with van der Waals surface area (Å²) < 4.78 is 53.0. The van der Waals surface area contributed by atoms with E-state index in [9.17, 15) is 17.2 Å². The normalized spacial score (nSPS) is 23.0. The van der Waals surface area contributed by atoms with Gasteiger partial charge in [0, 0.05) is 30.8 Å². The van der Waals surface area contributed by atoms with Gasteiger partial charge in [-0.25, -0.2) is 17.2 Å². The molecule has 0 aliphatic carbocycles. The number of anilines is 1. The maximum Gasteiger partial charge on any atom is 0.206 e. The Bertz CT molecular complexity index is 973. The van der Waals surface area contributed by atoms with E-state index in [4.69, 9.17) is 0 Å². The monoisotopic (exact) mass is 392 g/mol. The van der Waals surface area contributed by atoms with E-state index < -0.39 is 21.5 Å². The van der Waals surface area contributed by atoms with Crippen molar-refractivity contribution in [1.82, 2.24) is 4.90 Å². The Kier molecular flexibility index (Phi) is 4.47. The van der Waals surface area contributed by atoms with E-state index in [1.165, 1.54) is 6.07 Å². The molecule has 4 rings (SSSR count). The van der Waals surface area contributed by atoms with Gasteiger partial charge in [-0.05, 0) is 68.9 Å². The van der Waals surface area contributed by atoms with Gasteiger partial charge in [0.1, 0.15) is 11.6 Å². The van der Waals surface area contributed by atoms with Crippen molar-refractivity contribution >= 4 is 15.5 Å². The summed E-state index contributed by atoms with van der Waals surface area (Å²) in [6.45, 7) is 1.97. The number of likely N-dealkylation sites (tertiary alicyclic amines) is 1. The zero-order chi connectivity index (χ0) is 19.3. The summed E-state index contributed by atoms with van der Waals surface area (Å²) in [5.41, 5.74) is 2.05. The van der Waals surface area contributed by atoms with Crippen LogP contribution in [0.4, 0.5) is 14.5 Å². The molecule has 2 atom stereocenters. The van der Waals surface area contributed by atoms with Crippen molar-refractivity contribution in [3.63, 3.8) is 0 Å². The molecule has 144 valence electrons. The molecular formula is C20H22F2N2O2S. The molecule has 0 aromatic heterocycles. The predicted octanol–water partition coefficient (Wildman–Crippen LogP) is 3.43. The summed E-state index contributed by atoms with van der Waals surface area (Å²) in [6, 6.07) is 7.78. The van der Waals surface area contributed by atoms with Gasteiger partial charge in [-0.3, -0.25) is 0 Å². The van der Waals surface area contributed by atoms with E-state index >= 15 is 0 Å². The predicted molar refractivity (Wildman–Crippen MR) is 99.9 cm³/mol. The Morgan fingerprint density at radius 2 is 1.59 bits per heavy atom. The van der Waals surface area contributed by atoms with Crippen LogP contribution >= 0.6 is 0 Å². The third-order valence-electron chi connectivity index (χ3n) is 5.83. The minimum Gasteiger partial charge on any atom is -0.371 e. The second-order valence-corrected chi connectivity index (χ2v) is 9.44. The third kappa shape index (κ3) is 3.12. The van der Waals surface area contributed by atoms with E-state index in [-0.39, 0.29) is 15.7 Å². The van der Waals surface area contributed by atoms with Gasteiger partial charge in [0.2, 0.25) is 9.84 Å². The molecule has 0 radical (unpaired) electrons. The van der Waals surface area contributed by atoms with E-state index in [0.717, 1.165) is 49.3 Å². The number of nitrogens with zero attached hydrogens (tertiary/aromatic N) is 2. The fraction of sp³-hybridized carbons (Fsp3) is 0.400. The molecule has 1 fully saturated rings. The van der Waals surface area contributed by atoms with E-state index in [2.05, 4.69) is 16.8 Å². The molecule has 2 aromatic rings. The molecular weight excluding hydrogens is 370 g/mol. The number of hydrogen-bond acceptors (Lipinski definition) is 4. The van der Waals surface area contributed by atoms with Gasteiger partial charge in [-0.2, -0.15) is 0 Å². The smallest absolute Gasteiger partial charge is 0.206 e. The average molecular weight is 392 g/mol. The molecule has 27 heavy (non-hydrogen) atoms. The van der Waals surface area contributed by atoms with Gasteiger partial charge < -0.3 is 9.80 Å². The Labute approximate surface area is 158 Å². The van der Waals surface area contributed by atoms with Crippen LogP contribution in [-0.2, 0) is 9.84 Å². The number of halogens is 2. The Hall–Kier alpha value is -1.99. The number of benzene rings is 2. The number of fused-ring (bicyclic) bond motifs is 3. The first-order valence-corrected chi connectivity index (χ1v) is 10.5. The molecule has 2 heterocycles. The second kappa shape index (κ2) is 6.56. The van der Waals surface area contributed by atoms with Crippen LogP contribution in [0.15, 0.2) is 46.2 Å². The van der Waals surface area contributed by atoms with Crippen LogP contribution in [-0.4, -0.2) is 46.5 Å². The number of likely N-dealkylation sites (N-methyl/N-ethyl adjacent to an activating group) is 1. The van der Waals surface area contributed by atoms with Gasteiger partial charge in [-0.1, -0.05) is 0 Å².